The van der Waals surface area contributed by atoms with Crippen LogP contribution < -0.4 is 11.1 Å². The molecule has 19 heavy (non-hydrogen) atoms. The van der Waals surface area contributed by atoms with Crippen LogP contribution in [0.25, 0.3) is 0 Å². The standard InChI is InChI=1S/C13H17FN2O3/c1-13(2,15)7-11(17)16-10-6-8(12(18)19-3)4-5-9(10)14/h4-6H,7,15H2,1-3H3,(H,16,17). The van der Waals surface area contributed by atoms with E-state index in [-0.39, 0.29) is 17.7 Å². The number of carbonyl (C=O) groups is 2. The third kappa shape index (κ3) is 4.67. The van der Waals surface area contributed by atoms with Gasteiger partial charge in [-0.15, -0.1) is 0 Å². The number of benzene rings is 1. The lowest BCUT2D eigenvalue weighted by Crippen LogP contribution is -2.36. The minimum atomic E-state index is -0.694. The molecule has 0 radical (unpaired) electrons. The molecule has 1 aromatic carbocycles. The molecule has 6 heteroatoms. The van der Waals surface area contributed by atoms with Gasteiger partial charge in [-0.05, 0) is 32.0 Å². The van der Waals surface area contributed by atoms with Crippen LogP contribution in [-0.4, -0.2) is 24.5 Å². The predicted molar refractivity (Wildman–Crippen MR) is 69.3 cm³/mol. The molecule has 0 saturated carbocycles. The number of halogens is 1. The Balaban J connectivity index is 2.88. The molecule has 0 heterocycles. The molecule has 0 fully saturated rings. The first kappa shape index (κ1) is 15.1. The Kier molecular flexibility index (Phi) is 4.61. The smallest absolute Gasteiger partial charge is 0.337 e. The van der Waals surface area contributed by atoms with E-state index in [1.54, 1.807) is 13.8 Å². The van der Waals surface area contributed by atoms with Crippen molar-refractivity contribution in [3.8, 4) is 0 Å². The lowest BCUT2D eigenvalue weighted by Gasteiger charge is -2.17. The van der Waals surface area contributed by atoms with Crippen molar-refractivity contribution in [2.45, 2.75) is 25.8 Å². The summed E-state index contributed by atoms with van der Waals surface area (Å²) >= 11 is 0. The number of nitrogens with one attached hydrogen (secondary N) is 1. The van der Waals surface area contributed by atoms with Crippen LogP contribution >= 0.6 is 0 Å². The van der Waals surface area contributed by atoms with E-state index in [0.29, 0.717) is 0 Å². The quantitative estimate of drug-likeness (QED) is 0.814. The molecule has 0 saturated heterocycles. The Labute approximate surface area is 110 Å². The third-order valence-electron chi connectivity index (χ3n) is 2.28. The summed E-state index contributed by atoms with van der Waals surface area (Å²) in [6.07, 6.45) is 0.0366. The Morgan fingerprint density at radius 2 is 2.05 bits per heavy atom. The molecule has 104 valence electrons. The summed E-state index contributed by atoms with van der Waals surface area (Å²) in [5, 5.41) is 2.38. The number of hydrogen-bond acceptors (Lipinski definition) is 4. The number of methoxy groups -OCH3 is 1. The maximum Gasteiger partial charge on any atom is 0.337 e. The maximum atomic E-state index is 13.5. The van der Waals surface area contributed by atoms with Gasteiger partial charge in [0.2, 0.25) is 5.91 Å². The summed E-state index contributed by atoms with van der Waals surface area (Å²) in [7, 11) is 1.22. The monoisotopic (exact) mass is 268 g/mol. The van der Waals surface area contributed by atoms with E-state index < -0.39 is 23.2 Å². The molecular formula is C13H17FN2O3. The van der Waals surface area contributed by atoms with Gasteiger partial charge in [-0.2, -0.15) is 0 Å². The zero-order valence-corrected chi connectivity index (χ0v) is 11.1. The first-order valence-corrected chi connectivity index (χ1v) is 5.69. The number of carbonyl (C=O) groups excluding carboxylic acids is 2. The summed E-state index contributed by atoms with van der Waals surface area (Å²) in [6, 6.07) is 3.60. The number of ether oxygens (including phenoxy) is 1. The molecule has 0 aliphatic rings. The van der Waals surface area contributed by atoms with Crippen molar-refractivity contribution in [3.63, 3.8) is 0 Å². The zero-order valence-electron chi connectivity index (χ0n) is 11.1. The highest BCUT2D eigenvalue weighted by molar-refractivity contribution is 5.95. The minimum absolute atomic E-state index is 0.0366. The van der Waals surface area contributed by atoms with Crippen molar-refractivity contribution in [1.82, 2.24) is 0 Å². The van der Waals surface area contributed by atoms with Crippen LogP contribution in [0.2, 0.25) is 0 Å². The van der Waals surface area contributed by atoms with Crippen molar-refractivity contribution in [2.75, 3.05) is 12.4 Å². The van der Waals surface area contributed by atoms with E-state index >= 15 is 0 Å². The molecule has 1 amide bonds. The van der Waals surface area contributed by atoms with Gasteiger partial charge in [-0.25, -0.2) is 9.18 Å². The van der Waals surface area contributed by atoms with E-state index in [2.05, 4.69) is 10.1 Å². The summed E-state index contributed by atoms with van der Waals surface area (Å²) in [4.78, 5) is 23.0. The molecular weight excluding hydrogens is 251 g/mol. The van der Waals surface area contributed by atoms with E-state index in [0.717, 1.165) is 6.07 Å². The fraction of sp³-hybridized carbons (Fsp3) is 0.385. The average Bonchev–Trinajstić information content (AvgIpc) is 2.28. The van der Waals surface area contributed by atoms with E-state index in [4.69, 9.17) is 5.73 Å². The number of amides is 1. The van der Waals surface area contributed by atoms with Crippen LogP contribution in [0.1, 0.15) is 30.6 Å². The Hall–Kier alpha value is -1.95. The van der Waals surface area contributed by atoms with Crippen molar-refractivity contribution in [1.29, 1.82) is 0 Å². The van der Waals surface area contributed by atoms with Crippen molar-refractivity contribution < 1.29 is 18.7 Å². The molecule has 3 N–H and O–H groups in total. The van der Waals surface area contributed by atoms with Crippen LogP contribution in [0, 0.1) is 5.82 Å². The van der Waals surface area contributed by atoms with Crippen molar-refractivity contribution in [3.05, 3.63) is 29.6 Å². The highest BCUT2D eigenvalue weighted by Crippen LogP contribution is 2.18. The van der Waals surface area contributed by atoms with Crippen LogP contribution in [0.15, 0.2) is 18.2 Å². The molecule has 0 unspecified atom stereocenters. The zero-order chi connectivity index (χ0) is 14.6. The maximum absolute atomic E-state index is 13.5. The van der Waals surface area contributed by atoms with Crippen molar-refractivity contribution in [2.24, 2.45) is 5.73 Å². The highest BCUT2D eigenvalue weighted by atomic mass is 19.1. The number of anilines is 1. The van der Waals surface area contributed by atoms with E-state index in [1.807, 2.05) is 0 Å². The van der Waals surface area contributed by atoms with Gasteiger partial charge in [0.1, 0.15) is 5.82 Å². The lowest BCUT2D eigenvalue weighted by molar-refractivity contribution is -0.117. The molecule has 0 aromatic heterocycles. The van der Waals surface area contributed by atoms with Crippen LogP contribution in [0.5, 0.6) is 0 Å². The van der Waals surface area contributed by atoms with Crippen molar-refractivity contribution >= 4 is 17.6 Å². The number of rotatable bonds is 4. The third-order valence-corrected chi connectivity index (χ3v) is 2.28. The fourth-order valence-electron chi connectivity index (χ4n) is 1.47. The van der Waals surface area contributed by atoms with Gasteiger partial charge >= 0.3 is 5.97 Å². The Bertz CT molecular complexity index is 495. The lowest BCUT2D eigenvalue weighted by atomic mass is 10.0. The minimum Gasteiger partial charge on any atom is -0.465 e. The highest BCUT2D eigenvalue weighted by Gasteiger charge is 2.18. The van der Waals surface area contributed by atoms with Gasteiger partial charge in [0.15, 0.2) is 0 Å². The molecule has 1 rings (SSSR count). The normalized spacial score (nSPS) is 11.0. The molecule has 0 bridgehead atoms. The summed E-state index contributed by atoms with van der Waals surface area (Å²) in [5.41, 5.74) is 5.09. The van der Waals surface area contributed by atoms with Crippen LogP contribution in [-0.2, 0) is 9.53 Å². The predicted octanol–water partition coefficient (Wildman–Crippen LogP) is 1.68. The SMILES string of the molecule is COC(=O)c1ccc(F)c(NC(=O)CC(C)(C)N)c1. The second-order valence-electron chi connectivity index (χ2n) is 4.90. The van der Waals surface area contributed by atoms with Gasteiger partial charge in [0.05, 0.1) is 18.4 Å². The number of nitrogens with two attached hydrogens (primary N) is 1. The van der Waals surface area contributed by atoms with E-state index in [9.17, 15) is 14.0 Å². The number of hydrogen-bond donors (Lipinski definition) is 2. The topological polar surface area (TPSA) is 81.4 Å². The molecule has 0 aliphatic heterocycles. The first-order chi connectivity index (χ1) is 8.73. The average molecular weight is 268 g/mol. The van der Waals surface area contributed by atoms with Gasteiger partial charge in [-0.3, -0.25) is 4.79 Å². The van der Waals surface area contributed by atoms with E-state index in [1.165, 1.54) is 19.2 Å². The number of esters is 1. The summed E-state index contributed by atoms with van der Waals surface area (Å²) < 4.78 is 18.1. The Morgan fingerprint density at radius 3 is 2.58 bits per heavy atom. The first-order valence-electron chi connectivity index (χ1n) is 5.69. The van der Waals surface area contributed by atoms with Gasteiger partial charge in [0.25, 0.3) is 0 Å². The fourth-order valence-corrected chi connectivity index (χ4v) is 1.47. The van der Waals surface area contributed by atoms with Crippen LogP contribution in [0.4, 0.5) is 10.1 Å². The summed E-state index contributed by atoms with van der Waals surface area (Å²) in [6.45, 7) is 3.38. The molecule has 0 spiro atoms. The summed E-state index contributed by atoms with van der Waals surface area (Å²) in [5.74, 6) is -1.65. The molecule has 0 atom stereocenters. The largest absolute Gasteiger partial charge is 0.465 e. The molecule has 1 aromatic rings. The molecule has 0 aliphatic carbocycles. The Morgan fingerprint density at radius 1 is 1.42 bits per heavy atom. The van der Waals surface area contributed by atoms with Gasteiger partial charge < -0.3 is 15.8 Å². The second-order valence-corrected chi connectivity index (χ2v) is 4.90. The second kappa shape index (κ2) is 5.79. The van der Waals surface area contributed by atoms with Gasteiger partial charge in [0, 0.05) is 12.0 Å². The van der Waals surface area contributed by atoms with Gasteiger partial charge in [-0.1, -0.05) is 0 Å². The molecule has 5 nitrogen and oxygen atoms in total. The van der Waals surface area contributed by atoms with Crippen LogP contribution in [0.3, 0.4) is 0 Å².